The lowest BCUT2D eigenvalue weighted by Crippen LogP contribution is -2.13. The summed E-state index contributed by atoms with van der Waals surface area (Å²) in [5.41, 5.74) is 1.26. The second-order valence-electron chi connectivity index (χ2n) is 3.12. The van der Waals surface area contributed by atoms with Gasteiger partial charge in [0.25, 0.3) is 0 Å². The first-order valence-electron chi connectivity index (χ1n) is 4.18. The van der Waals surface area contributed by atoms with Crippen LogP contribution in [0.2, 0.25) is 0 Å². The fraction of sp³-hybridized carbons (Fsp3) is 0.300. The molecule has 2 rings (SSSR count). The van der Waals surface area contributed by atoms with Crippen LogP contribution in [-0.4, -0.2) is 17.9 Å². The van der Waals surface area contributed by atoms with Crippen molar-refractivity contribution in [3.05, 3.63) is 35.9 Å². The van der Waals surface area contributed by atoms with Crippen molar-refractivity contribution in [1.29, 1.82) is 0 Å². The predicted octanol–water partition coefficient (Wildman–Crippen LogP) is 0.465. The summed E-state index contributed by atoms with van der Waals surface area (Å²) in [6, 6.07) is 10.2. The number of nitrogens with one attached hydrogen (secondary N) is 1. The van der Waals surface area contributed by atoms with Gasteiger partial charge < -0.3 is 10.8 Å². The highest BCUT2D eigenvalue weighted by atomic mass is 16.1. The molecule has 0 aromatic heterocycles. The summed E-state index contributed by atoms with van der Waals surface area (Å²) in [5, 5.41) is 2.83. The number of rotatable bonds is 1. The first-order valence-corrected chi connectivity index (χ1v) is 4.18. The lowest BCUT2D eigenvalue weighted by Gasteiger charge is -2.05. The van der Waals surface area contributed by atoms with Gasteiger partial charge >= 0.3 is 0 Å². The monoisotopic (exact) mass is 179 g/mol. The van der Waals surface area contributed by atoms with Gasteiger partial charge in [-0.1, -0.05) is 30.3 Å². The Morgan fingerprint density at radius 2 is 1.92 bits per heavy atom. The van der Waals surface area contributed by atoms with E-state index < -0.39 is 0 Å². The van der Waals surface area contributed by atoms with Crippen molar-refractivity contribution in [3.8, 4) is 0 Å². The van der Waals surface area contributed by atoms with Crippen LogP contribution in [0.4, 0.5) is 0 Å². The highest BCUT2D eigenvalue weighted by Crippen LogP contribution is 2.21. The average molecular weight is 179 g/mol. The Morgan fingerprint density at radius 1 is 1.23 bits per heavy atom. The van der Waals surface area contributed by atoms with Crippen LogP contribution in [0.3, 0.4) is 0 Å². The van der Waals surface area contributed by atoms with E-state index in [1.165, 1.54) is 5.56 Å². The third-order valence-corrected chi connectivity index (χ3v) is 2.25. The maximum atomic E-state index is 10.9. The van der Waals surface area contributed by atoms with Crippen LogP contribution in [0.25, 0.3) is 0 Å². The predicted molar refractivity (Wildman–Crippen MR) is 50.4 cm³/mol. The molecule has 3 heteroatoms. The molecule has 1 amide bonds. The van der Waals surface area contributed by atoms with Crippen molar-refractivity contribution in [2.75, 3.05) is 6.54 Å². The summed E-state index contributed by atoms with van der Waals surface area (Å²) in [5.74, 6) is 0.558. The molecule has 0 radical (unpaired) electrons. The molecule has 13 heavy (non-hydrogen) atoms. The van der Waals surface area contributed by atoms with E-state index in [9.17, 15) is 4.79 Å². The number of hydrogen-bond acceptors (Lipinski definition) is 1. The van der Waals surface area contributed by atoms with Gasteiger partial charge in [-0.3, -0.25) is 4.79 Å². The normalized spacial score (nSPS) is 20.6. The fourth-order valence-electron chi connectivity index (χ4n) is 1.57. The minimum Gasteiger partial charge on any atom is -0.412 e. The summed E-state index contributed by atoms with van der Waals surface area (Å²) in [4.78, 5) is 10.9. The number of carbonyl (C=O) groups excluding carboxylic acids is 1. The lowest BCUT2D eigenvalue weighted by atomic mass is 9.99. The van der Waals surface area contributed by atoms with Crippen LogP contribution < -0.4 is 5.32 Å². The SMILES string of the molecule is O.O=C1CC(c2ccccc2)CN1. The molecule has 0 saturated carbocycles. The largest absolute Gasteiger partial charge is 0.412 e. The van der Waals surface area contributed by atoms with Gasteiger partial charge in [0.1, 0.15) is 0 Å². The van der Waals surface area contributed by atoms with Crippen molar-refractivity contribution in [3.63, 3.8) is 0 Å². The smallest absolute Gasteiger partial charge is 0.220 e. The van der Waals surface area contributed by atoms with Crippen LogP contribution in [0.15, 0.2) is 30.3 Å². The Bertz CT molecular complexity index is 284. The molecule has 1 atom stereocenters. The summed E-state index contributed by atoms with van der Waals surface area (Å²) < 4.78 is 0. The number of benzene rings is 1. The van der Waals surface area contributed by atoms with Crippen molar-refractivity contribution in [2.45, 2.75) is 12.3 Å². The zero-order valence-corrected chi connectivity index (χ0v) is 7.29. The van der Waals surface area contributed by atoms with E-state index in [4.69, 9.17) is 0 Å². The Balaban J connectivity index is 0.000000845. The van der Waals surface area contributed by atoms with Gasteiger partial charge in [0.2, 0.25) is 5.91 Å². The topological polar surface area (TPSA) is 60.6 Å². The van der Waals surface area contributed by atoms with Crippen LogP contribution >= 0.6 is 0 Å². The summed E-state index contributed by atoms with van der Waals surface area (Å²) in [7, 11) is 0. The van der Waals surface area contributed by atoms with Crippen LogP contribution in [0.1, 0.15) is 17.9 Å². The molecule has 3 N–H and O–H groups in total. The fourth-order valence-corrected chi connectivity index (χ4v) is 1.57. The molecule has 0 bridgehead atoms. The highest BCUT2D eigenvalue weighted by molar-refractivity contribution is 5.79. The molecule has 0 spiro atoms. The van der Waals surface area contributed by atoms with E-state index in [2.05, 4.69) is 17.4 Å². The zero-order chi connectivity index (χ0) is 8.39. The van der Waals surface area contributed by atoms with Crippen LogP contribution in [-0.2, 0) is 4.79 Å². The van der Waals surface area contributed by atoms with Crippen LogP contribution in [0.5, 0.6) is 0 Å². The third-order valence-electron chi connectivity index (χ3n) is 2.25. The van der Waals surface area contributed by atoms with Crippen molar-refractivity contribution < 1.29 is 10.3 Å². The van der Waals surface area contributed by atoms with E-state index >= 15 is 0 Å². The molecule has 0 aliphatic carbocycles. The van der Waals surface area contributed by atoms with Crippen LogP contribution in [0, 0.1) is 0 Å². The Labute approximate surface area is 77.1 Å². The number of amides is 1. The van der Waals surface area contributed by atoms with Crippen molar-refractivity contribution in [2.24, 2.45) is 0 Å². The van der Waals surface area contributed by atoms with E-state index in [-0.39, 0.29) is 11.4 Å². The van der Waals surface area contributed by atoms with Gasteiger partial charge in [0, 0.05) is 18.9 Å². The van der Waals surface area contributed by atoms with Gasteiger partial charge in [-0.15, -0.1) is 0 Å². The van der Waals surface area contributed by atoms with Gasteiger partial charge in [-0.05, 0) is 5.56 Å². The zero-order valence-electron chi connectivity index (χ0n) is 7.29. The van der Waals surface area contributed by atoms with Gasteiger partial charge in [-0.2, -0.15) is 0 Å². The molecular formula is C10H13NO2. The average Bonchev–Trinajstić information content (AvgIpc) is 2.54. The molecule has 1 aromatic carbocycles. The highest BCUT2D eigenvalue weighted by Gasteiger charge is 2.22. The van der Waals surface area contributed by atoms with E-state index in [1.807, 2.05) is 18.2 Å². The number of hydrogen-bond donors (Lipinski definition) is 1. The van der Waals surface area contributed by atoms with Crippen molar-refractivity contribution in [1.82, 2.24) is 5.32 Å². The van der Waals surface area contributed by atoms with E-state index in [0.29, 0.717) is 12.3 Å². The standard InChI is InChI=1S/C10H11NO.H2O/c12-10-6-9(7-11-10)8-4-2-1-3-5-8;/h1-5,9H,6-7H2,(H,11,12);1H2. The van der Waals surface area contributed by atoms with Gasteiger partial charge in [0.05, 0.1) is 0 Å². The summed E-state index contributed by atoms with van der Waals surface area (Å²) >= 11 is 0. The first-order chi connectivity index (χ1) is 5.86. The summed E-state index contributed by atoms with van der Waals surface area (Å²) in [6.07, 6.45) is 0.643. The lowest BCUT2D eigenvalue weighted by molar-refractivity contribution is -0.119. The molecule has 3 nitrogen and oxygen atoms in total. The quantitative estimate of drug-likeness (QED) is 0.669. The maximum Gasteiger partial charge on any atom is 0.220 e. The Kier molecular flexibility index (Phi) is 3.03. The minimum absolute atomic E-state index is 0. The van der Waals surface area contributed by atoms with Gasteiger partial charge in [-0.25, -0.2) is 0 Å². The maximum absolute atomic E-state index is 10.9. The molecule has 1 heterocycles. The molecule has 70 valence electrons. The van der Waals surface area contributed by atoms with E-state index in [1.54, 1.807) is 0 Å². The Morgan fingerprint density at radius 3 is 2.46 bits per heavy atom. The number of carbonyl (C=O) groups is 1. The molecule has 1 saturated heterocycles. The Hall–Kier alpha value is -1.35. The second kappa shape index (κ2) is 4.05. The first kappa shape index (κ1) is 9.74. The van der Waals surface area contributed by atoms with E-state index in [0.717, 1.165) is 6.54 Å². The molecule has 1 aromatic rings. The minimum atomic E-state index is 0. The van der Waals surface area contributed by atoms with Gasteiger partial charge in [0.15, 0.2) is 0 Å². The molecule has 1 fully saturated rings. The molecular weight excluding hydrogens is 166 g/mol. The molecule has 1 aliphatic heterocycles. The molecule has 1 aliphatic rings. The molecule has 1 unspecified atom stereocenters. The summed E-state index contributed by atoms with van der Waals surface area (Å²) in [6.45, 7) is 0.794. The second-order valence-corrected chi connectivity index (χ2v) is 3.12. The third kappa shape index (κ3) is 2.06. The van der Waals surface area contributed by atoms with Crippen molar-refractivity contribution >= 4 is 5.91 Å².